The van der Waals surface area contributed by atoms with Gasteiger partial charge in [0.1, 0.15) is 5.92 Å². The van der Waals surface area contributed by atoms with Gasteiger partial charge in [-0.25, -0.2) is 0 Å². The van der Waals surface area contributed by atoms with Crippen LogP contribution in [0.3, 0.4) is 0 Å². The molecule has 17 heavy (non-hydrogen) atoms. The highest BCUT2D eigenvalue weighted by Crippen LogP contribution is 2.36. The van der Waals surface area contributed by atoms with Crippen molar-refractivity contribution in [3.05, 3.63) is 0 Å². The van der Waals surface area contributed by atoms with Gasteiger partial charge in [0.25, 0.3) is 0 Å². The maximum atomic E-state index is 12.3. The second kappa shape index (κ2) is 5.05. The van der Waals surface area contributed by atoms with Crippen molar-refractivity contribution in [2.45, 2.75) is 63.6 Å². The first-order valence-electron chi connectivity index (χ1n) is 6.57. The average molecular weight is 236 g/mol. The predicted molar refractivity (Wildman–Crippen MR) is 62.9 cm³/mol. The standard InChI is InChI=1S/C13H20N2O2/c1-2-3-9(8-14)13(17)15-10-4-5-11(15)7-12(16)6-10/h9-12,16H,2-7H2,1H3. The van der Waals surface area contributed by atoms with Gasteiger partial charge in [0.15, 0.2) is 0 Å². The van der Waals surface area contributed by atoms with E-state index in [0.717, 1.165) is 19.3 Å². The number of carbonyl (C=O) groups is 1. The van der Waals surface area contributed by atoms with E-state index in [-0.39, 0.29) is 24.1 Å². The summed E-state index contributed by atoms with van der Waals surface area (Å²) >= 11 is 0. The smallest absolute Gasteiger partial charge is 0.240 e. The summed E-state index contributed by atoms with van der Waals surface area (Å²) in [5.41, 5.74) is 0. The first kappa shape index (κ1) is 12.4. The van der Waals surface area contributed by atoms with Crippen molar-refractivity contribution in [1.82, 2.24) is 4.90 Å². The first-order valence-corrected chi connectivity index (χ1v) is 6.57. The third kappa shape index (κ3) is 2.30. The maximum Gasteiger partial charge on any atom is 0.240 e. The van der Waals surface area contributed by atoms with Gasteiger partial charge >= 0.3 is 0 Å². The van der Waals surface area contributed by atoms with Crippen LogP contribution in [0.5, 0.6) is 0 Å². The van der Waals surface area contributed by atoms with Crippen LogP contribution in [0.2, 0.25) is 0 Å². The Bertz CT molecular complexity index is 323. The molecule has 2 fully saturated rings. The van der Waals surface area contributed by atoms with Gasteiger partial charge in [0, 0.05) is 12.1 Å². The SMILES string of the molecule is CCCC(C#N)C(=O)N1C2CCC1CC(O)C2. The Morgan fingerprint density at radius 1 is 1.47 bits per heavy atom. The van der Waals surface area contributed by atoms with Gasteiger partial charge in [0.2, 0.25) is 5.91 Å². The molecule has 0 spiro atoms. The van der Waals surface area contributed by atoms with Crippen LogP contribution >= 0.6 is 0 Å². The van der Waals surface area contributed by atoms with Crippen molar-refractivity contribution in [3.63, 3.8) is 0 Å². The zero-order valence-electron chi connectivity index (χ0n) is 10.3. The lowest BCUT2D eigenvalue weighted by Crippen LogP contribution is -2.50. The van der Waals surface area contributed by atoms with E-state index < -0.39 is 5.92 Å². The molecule has 0 radical (unpaired) electrons. The zero-order chi connectivity index (χ0) is 12.4. The number of fused-ring (bicyclic) bond motifs is 2. The highest BCUT2D eigenvalue weighted by Gasteiger charge is 2.44. The lowest BCUT2D eigenvalue weighted by Gasteiger charge is -2.38. The molecular weight excluding hydrogens is 216 g/mol. The summed E-state index contributed by atoms with van der Waals surface area (Å²) in [6, 6.07) is 2.47. The molecule has 1 amide bonds. The van der Waals surface area contributed by atoms with Crippen LogP contribution in [0, 0.1) is 17.2 Å². The van der Waals surface area contributed by atoms with E-state index in [1.807, 2.05) is 11.8 Å². The summed E-state index contributed by atoms with van der Waals surface area (Å²) < 4.78 is 0. The number of nitriles is 1. The van der Waals surface area contributed by atoms with Gasteiger partial charge in [-0.05, 0) is 32.1 Å². The third-order valence-electron chi connectivity index (χ3n) is 3.99. The molecule has 0 aromatic heterocycles. The van der Waals surface area contributed by atoms with Crippen LogP contribution in [-0.2, 0) is 4.79 Å². The van der Waals surface area contributed by atoms with Crippen LogP contribution in [0.25, 0.3) is 0 Å². The normalized spacial score (nSPS) is 33.2. The van der Waals surface area contributed by atoms with Crippen LogP contribution < -0.4 is 0 Å². The Balaban J connectivity index is 2.08. The minimum Gasteiger partial charge on any atom is -0.393 e. The van der Waals surface area contributed by atoms with Crippen LogP contribution in [0.1, 0.15) is 45.4 Å². The van der Waals surface area contributed by atoms with E-state index in [1.165, 1.54) is 0 Å². The molecule has 3 atom stereocenters. The zero-order valence-corrected chi connectivity index (χ0v) is 10.3. The van der Waals surface area contributed by atoms with Crippen molar-refractivity contribution in [3.8, 4) is 6.07 Å². The highest BCUT2D eigenvalue weighted by atomic mass is 16.3. The molecule has 2 heterocycles. The van der Waals surface area contributed by atoms with Crippen molar-refractivity contribution in [2.24, 2.45) is 5.92 Å². The fourth-order valence-corrected chi connectivity index (χ4v) is 3.22. The highest BCUT2D eigenvalue weighted by molar-refractivity contribution is 5.82. The van der Waals surface area contributed by atoms with Crippen molar-refractivity contribution in [2.75, 3.05) is 0 Å². The van der Waals surface area contributed by atoms with E-state index in [0.29, 0.717) is 19.3 Å². The first-order chi connectivity index (χ1) is 8.17. The molecule has 2 aliphatic rings. The van der Waals surface area contributed by atoms with Gasteiger partial charge in [-0.1, -0.05) is 13.3 Å². The number of carbonyl (C=O) groups excluding carboxylic acids is 1. The summed E-state index contributed by atoms with van der Waals surface area (Å²) in [6.07, 6.45) is 4.58. The number of hydrogen-bond donors (Lipinski definition) is 1. The van der Waals surface area contributed by atoms with Crippen LogP contribution in [0.15, 0.2) is 0 Å². The lowest BCUT2D eigenvalue weighted by atomic mass is 9.96. The molecule has 1 N–H and O–H groups in total. The van der Waals surface area contributed by atoms with Gasteiger partial charge < -0.3 is 10.0 Å². The number of aliphatic hydroxyl groups is 1. The summed E-state index contributed by atoms with van der Waals surface area (Å²) in [6.45, 7) is 1.99. The molecule has 94 valence electrons. The molecule has 0 aromatic rings. The molecule has 2 saturated heterocycles. The second-order valence-electron chi connectivity index (χ2n) is 5.23. The minimum absolute atomic E-state index is 0.00579. The Morgan fingerprint density at radius 2 is 2.06 bits per heavy atom. The quantitative estimate of drug-likeness (QED) is 0.806. The van der Waals surface area contributed by atoms with E-state index in [2.05, 4.69) is 6.07 Å². The van der Waals surface area contributed by atoms with Crippen LogP contribution in [0.4, 0.5) is 0 Å². The summed E-state index contributed by atoms with van der Waals surface area (Å²) in [5, 5.41) is 18.7. The summed E-state index contributed by atoms with van der Waals surface area (Å²) in [4.78, 5) is 14.2. The van der Waals surface area contributed by atoms with Gasteiger partial charge in [0.05, 0.1) is 12.2 Å². The molecule has 0 aliphatic carbocycles. The van der Waals surface area contributed by atoms with Crippen LogP contribution in [-0.4, -0.2) is 34.1 Å². The predicted octanol–water partition coefficient (Wildman–Crippen LogP) is 1.44. The number of nitrogens with zero attached hydrogens (tertiary/aromatic N) is 2. The number of aliphatic hydroxyl groups excluding tert-OH is 1. The number of piperidine rings is 1. The Hall–Kier alpha value is -1.08. The molecule has 0 aromatic carbocycles. The summed E-state index contributed by atoms with van der Waals surface area (Å²) in [5.74, 6) is -0.493. The second-order valence-corrected chi connectivity index (χ2v) is 5.23. The number of hydrogen-bond acceptors (Lipinski definition) is 3. The fraction of sp³-hybridized carbons (Fsp3) is 0.846. The fourth-order valence-electron chi connectivity index (χ4n) is 3.22. The van der Waals surface area contributed by atoms with E-state index in [9.17, 15) is 9.90 Å². The molecule has 4 heteroatoms. The third-order valence-corrected chi connectivity index (χ3v) is 3.99. The Kier molecular flexibility index (Phi) is 3.68. The molecule has 2 rings (SSSR count). The van der Waals surface area contributed by atoms with Crippen molar-refractivity contribution in [1.29, 1.82) is 5.26 Å². The number of amides is 1. The topological polar surface area (TPSA) is 64.3 Å². The largest absolute Gasteiger partial charge is 0.393 e. The van der Waals surface area contributed by atoms with Gasteiger partial charge in [-0.2, -0.15) is 5.26 Å². The van der Waals surface area contributed by atoms with Crippen molar-refractivity contribution >= 4 is 5.91 Å². The summed E-state index contributed by atoms with van der Waals surface area (Å²) in [7, 11) is 0. The van der Waals surface area contributed by atoms with Gasteiger partial charge in [-0.3, -0.25) is 4.79 Å². The monoisotopic (exact) mass is 236 g/mol. The molecule has 0 saturated carbocycles. The van der Waals surface area contributed by atoms with Gasteiger partial charge in [-0.15, -0.1) is 0 Å². The molecule has 4 nitrogen and oxygen atoms in total. The van der Waals surface area contributed by atoms with E-state index in [1.54, 1.807) is 0 Å². The molecule has 3 unspecified atom stereocenters. The minimum atomic E-state index is -0.488. The number of rotatable bonds is 3. The Morgan fingerprint density at radius 3 is 2.53 bits per heavy atom. The van der Waals surface area contributed by atoms with E-state index >= 15 is 0 Å². The Labute approximate surface area is 102 Å². The molecule has 2 bridgehead atoms. The van der Waals surface area contributed by atoms with E-state index in [4.69, 9.17) is 5.26 Å². The average Bonchev–Trinajstić information content (AvgIpc) is 2.58. The maximum absolute atomic E-state index is 12.3. The molecule has 2 aliphatic heterocycles. The van der Waals surface area contributed by atoms with Crippen molar-refractivity contribution < 1.29 is 9.90 Å². The lowest BCUT2D eigenvalue weighted by molar-refractivity contribution is -0.140. The molecular formula is C13H20N2O2.